The summed E-state index contributed by atoms with van der Waals surface area (Å²) in [6, 6.07) is 17.0. The van der Waals surface area contributed by atoms with Gasteiger partial charge in [0.15, 0.2) is 0 Å². The Morgan fingerprint density at radius 3 is 2.54 bits per heavy atom. The molecule has 1 aromatic heterocycles. The second kappa shape index (κ2) is 6.92. The minimum absolute atomic E-state index is 0.0944. The van der Waals surface area contributed by atoms with Crippen molar-refractivity contribution in [1.29, 1.82) is 0 Å². The summed E-state index contributed by atoms with van der Waals surface area (Å²) in [6.07, 6.45) is -0.0944. The number of H-pyrrole nitrogens is 1. The highest BCUT2D eigenvalue weighted by atomic mass is 19.1. The van der Waals surface area contributed by atoms with Crippen LogP contribution in [0.4, 0.5) is 14.5 Å². The van der Waals surface area contributed by atoms with E-state index in [1.54, 1.807) is 24.3 Å². The first-order chi connectivity index (χ1) is 12.6. The van der Waals surface area contributed by atoms with Crippen molar-refractivity contribution in [3.63, 3.8) is 0 Å². The minimum atomic E-state index is -0.263. The molecule has 0 saturated carbocycles. The van der Waals surface area contributed by atoms with Gasteiger partial charge in [0.05, 0.1) is 24.4 Å². The molecule has 0 spiro atoms. The number of aromatic amines is 1. The van der Waals surface area contributed by atoms with Crippen molar-refractivity contribution in [2.45, 2.75) is 19.1 Å². The summed E-state index contributed by atoms with van der Waals surface area (Å²) in [7, 11) is 0. The second-order valence-corrected chi connectivity index (χ2v) is 6.50. The summed E-state index contributed by atoms with van der Waals surface area (Å²) in [5.74, 6) is -0.502. The van der Waals surface area contributed by atoms with Gasteiger partial charge < -0.3 is 14.6 Å². The molecular formula is C21H20F2N2O. The van der Waals surface area contributed by atoms with E-state index in [9.17, 15) is 8.78 Å². The van der Waals surface area contributed by atoms with Gasteiger partial charge in [-0.25, -0.2) is 8.78 Å². The van der Waals surface area contributed by atoms with Crippen LogP contribution in [0.2, 0.25) is 0 Å². The van der Waals surface area contributed by atoms with E-state index in [1.807, 2.05) is 30.0 Å². The van der Waals surface area contributed by atoms with Gasteiger partial charge in [-0.3, -0.25) is 0 Å². The van der Waals surface area contributed by atoms with E-state index < -0.39 is 0 Å². The molecule has 2 aromatic carbocycles. The Morgan fingerprint density at radius 2 is 1.77 bits per heavy atom. The van der Waals surface area contributed by atoms with E-state index in [0.29, 0.717) is 18.8 Å². The van der Waals surface area contributed by atoms with Gasteiger partial charge in [-0.1, -0.05) is 12.1 Å². The van der Waals surface area contributed by atoms with E-state index in [-0.39, 0.29) is 23.8 Å². The van der Waals surface area contributed by atoms with Crippen LogP contribution >= 0.6 is 0 Å². The zero-order valence-electron chi connectivity index (χ0n) is 14.5. The lowest BCUT2D eigenvalue weighted by Crippen LogP contribution is -2.44. The van der Waals surface area contributed by atoms with Gasteiger partial charge in [-0.15, -0.1) is 0 Å². The first-order valence-electron chi connectivity index (χ1n) is 8.71. The number of anilines is 1. The zero-order valence-corrected chi connectivity index (χ0v) is 14.5. The Kier molecular flexibility index (Phi) is 4.47. The van der Waals surface area contributed by atoms with Crippen LogP contribution in [0.5, 0.6) is 0 Å². The highest BCUT2D eigenvalue weighted by Crippen LogP contribution is 2.35. The van der Waals surface area contributed by atoms with Crippen molar-refractivity contribution in [3.8, 4) is 11.3 Å². The van der Waals surface area contributed by atoms with Crippen molar-refractivity contribution < 1.29 is 13.5 Å². The van der Waals surface area contributed by atoms with Crippen LogP contribution in [0.25, 0.3) is 11.3 Å². The number of halogens is 2. The molecule has 4 rings (SSSR count). The third-order valence-corrected chi connectivity index (χ3v) is 4.84. The molecule has 5 heteroatoms. The maximum Gasteiger partial charge on any atom is 0.146 e. The minimum Gasteiger partial charge on any atom is -0.374 e. The molecule has 0 bridgehead atoms. The van der Waals surface area contributed by atoms with Crippen LogP contribution < -0.4 is 4.90 Å². The standard InChI is InChI=1S/C21H20F2N2O/c1-14-21(25(12-13-26-14)20-5-3-2-4-17(20)23)19-11-10-18(24-19)15-6-8-16(22)9-7-15/h2-11,14,21,24H,12-13H2,1H3. The lowest BCUT2D eigenvalue weighted by molar-refractivity contribution is 0.0220. The Hall–Kier alpha value is -2.66. The largest absolute Gasteiger partial charge is 0.374 e. The maximum absolute atomic E-state index is 14.4. The first-order valence-corrected chi connectivity index (χ1v) is 8.71. The monoisotopic (exact) mass is 354 g/mol. The number of ether oxygens (including phenoxy) is 1. The summed E-state index contributed by atoms with van der Waals surface area (Å²) >= 11 is 0. The van der Waals surface area contributed by atoms with Gasteiger partial charge in [0, 0.05) is 17.9 Å². The van der Waals surface area contributed by atoms with Gasteiger partial charge in [-0.2, -0.15) is 0 Å². The van der Waals surface area contributed by atoms with Gasteiger partial charge in [0.1, 0.15) is 11.6 Å². The summed E-state index contributed by atoms with van der Waals surface area (Å²) in [5, 5.41) is 0. The van der Waals surface area contributed by atoms with Crippen LogP contribution in [-0.2, 0) is 4.74 Å². The number of nitrogens with one attached hydrogen (secondary N) is 1. The molecule has 26 heavy (non-hydrogen) atoms. The van der Waals surface area contributed by atoms with E-state index in [0.717, 1.165) is 17.0 Å². The van der Waals surface area contributed by atoms with Gasteiger partial charge in [0.25, 0.3) is 0 Å². The average molecular weight is 354 g/mol. The van der Waals surface area contributed by atoms with Crippen LogP contribution in [0, 0.1) is 11.6 Å². The molecule has 1 saturated heterocycles. The summed E-state index contributed by atoms with van der Waals surface area (Å²) < 4.78 is 33.4. The SMILES string of the molecule is CC1OCCN(c2ccccc2F)C1c1ccc(-c2ccc(F)cc2)[nH]1. The number of rotatable bonds is 3. The molecule has 2 unspecified atom stereocenters. The smallest absolute Gasteiger partial charge is 0.146 e. The van der Waals surface area contributed by atoms with Gasteiger partial charge in [-0.05, 0) is 61.0 Å². The molecule has 3 nitrogen and oxygen atoms in total. The lowest BCUT2D eigenvalue weighted by Gasteiger charge is -2.41. The molecular weight excluding hydrogens is 334 g/mol. The molecule has 0 radical (unpaired) electrons. The number of para-hydroxylation sites is 1. The third-order valence-electron chi connectivity index (χ3n) is 4.84. The number of nitrogens with zero attached hydrogens (tertiary/aromatic N) is 1. The van der Waals surface area contributed by atoms with Crippen molar-refractivity contribution in [3.05, 3.63) is 78.0 Å². The Bertz CT molecular complexity index is 891. The van der Waals surface area contributed by atoms with Crippen LogP contribution in [-0.4, -0.2) is 24.2 Å². The normalized spacial score (nSPS) is 20.3. The molecule has 1 fully saturated rings. The quantitative estimate of drug-likeness (QED) is 0.723. The lowest BCUT2D eigenvalue weighted by atomic mass is 10.0. The molecule has 1 N–H and O–H groups in total. The third kappa shape index (κ3) is 3.10. The van der Waals surface area contributed by atoms with Crippen LogP contribution in [0.3, 0.4) is 0 Å². The summed E-state index contributed by atoms with van der Waals surface area (Å²) in [5.41, 5.74) is 3.32. The molecule has 1 aliphatic heterocycles. The maximum atomic E-state index is 14.4. The Labute approximate surface area is 151 Å². The molecule has 1 aliphatic rings. The van der Waals surface area contributed by atoms with Crippen molar-refractivity contribution in [2.75, 3.05) is 18.1 Å². The van der Waals surface area contributed by atoms with Crippen LogP contribution in [0.1, 0.15) is 18.7 Å². The number of aromatic nitrogens is 1. The van der Waals surface area contributed by atoms with Crippen LogP contribution in [0.15, 0.2) is 60.7 Å². The fraction of sp³-hybridized carbons (Fsp3) is 0.238. The number of benzene rings is 2. The van der Waals surface area contributed by atoms with Crippen molar-refractivity contribution >= 4 is 5.69 Å². The topological polar surface area (TPSA) is 28.3 Å². The highest BCUT2D eigenvalue weighted by Gasteiger charge is 2.33. The van der Waals surface area contributed by atoms with E-state index >= 15 is 0 Å². The first kappa shape index (κ1) is 16.8. The van der Waals surface area contributed by atoms with Crippen molar-refractivity contribution in [2.24, 2.45) is 0 Å². The number of morpholine rings is 1. The fourth-order valence-electron chi connectivity index (χ4n) is 3.58. The van der Waals surface area contributed by atoms with E-state index in [4.69, 9.17) is 4.74 Å². The zero-order chi connectivity index (χ0) is 18.1. The summed E-state index contributed by atoms with van der Waals surface area (Å²) in [4.78, 5) is 5.45. The fourth-order valence-corrected chi connectivity index (χ4v) is 3.58. The van der Waals surface area contributed by atoms with Crippen molar-refractivity contribution in [1.82, 2.24) is 4.98 Å². The average Bonchev–Trinajstić information content (AvgIpc) is 3.12. The van der Waals surface area contributed by atoms with E-state index in [1.165, 1.54) is 18.2 Å². The highest BCUT2D eigenvalue weighted by molar-refractivity contribution is 5.60. The molecule has 0 aliphatic carbocycles. The Balaban J connectivity index is 1.70. The predicted molar refractivity (Wildman–Crippen MR) is 98.1 cm³/mol. The van der Waals surface area contributed by atoms with Gasteiger partial charge >= 0.3 is 0 Å². The number of hydrogen-bond donors (Lipinski definition) is 1. The molecule has 2 atom stereocenters. The number of hydrogen-bond acceptors (Lipinski definition) is 2. The molecule has 0 amide bonds. The molecule has 2 heterocycles. The van der Waals surface area contributed by atoms with E-state index in [2.05, 4.69) is 4.98 Å². The molecule has 134 valence electrons. The predicted octanol–water partition coefficient (Wildman–Crippen LogP) is 4.93. The molecule has 3 aromatic rings. The Morgan fingerprint density at radius 1 is 1.00 bits per heavy atom. The second-order valence-electron chi connectivity index (χ2n) is 6.50. The summed E-state index contributed by atoms with van der Waals surface area (Å²) in [6.45, 7) is 3.16. The van der Waals surface area contributed by atoms with Gasteiger partial charge in [0.2, 0.25) is 0 Å².